The van der Waals surface area contributed by atoms with Gasteiger partial charge in [-0.05, 0) is 37.5 Å². The normalized spacial score (nSPS) is 16.5. The number of carbonyl (C=O) groups is 1. The summed E-state index contributed by atoms with van der Waals surface area (Å²) in [6.45, 7) is 2.76. The predicted octanol–water partition coefficient (Wildman–Crippen LogP) is 1.40. The summed E-state index contributed by atoms with van der Waals surface area (Å²) in [7, 11) is 0. The van der Waals surface area contributed by atoms with Gasteiger partial charge < -0.3 is 10.6 Å². The van der Waals surface area contributed by atoms with Crippen molar-refractivity contribution < 1.29 is 4.79 Å². The number of nitrogens with one attached hydrogen (secondary N) is 2. The summed E-state index contributed by atoms with van der Waals surface area (Å²) in [6.07, 6.45) is 6.55. The molecule has 1 saturated carbocycles. The van der Waals surface area contributed by atoms with E-state index < -0.39 is 0 Å². The third-order valence-electron chi connectivity index (χ3n) is 2.95. The van der Waals surface area contributed by atoms with E-state index in [1.165, 1.54) is 12.8 Å². The van der Waals surface area contributed by atoms with E-state index in [2.05, 4.69) is 15.6 Å². The van der Waals surface area contributed by atoms with Crippen LogP contribution in [-0.2, 0) is 4.79 Å². The molecule has 0 radical (unpaired) electrons. The van der Waals surface area contributed by atoms with Crippen LogP contribution in [0, 0.1) is 0 Å². The fraction of sp³-hybridized carbons (Fsp3) is 0.538. The minimum absolute atomic E-state index is 0.0476. The third-order valence-corrected chi connectivity index (χ3v) is 2.95. The molecule has 2 rings (SSSR count). The Kier molecular flexibility index (Phi) is 4.09. The molecule has 2 N–H and O–H groups in total. The zero-order chi connectivity index (χ0) is 12.1. The summed E-state index contributed by atoms with van der Waals surface area (Å²) >= 11 is 0. The molecule has 1 unspecified atom stereocenters. The first-order chi connectivity index (χ1) is 8.25. The van der Waals surface area contributed by atoms with E-state index in [1.807, 2.05) is 19.1 Å². The molecule has 0 aliphatic heterocycles. The Morgan fingerprint density at radius 1 is 1.47 bits per heavy atom. The number of rotatable bonds is 6. The van der Waals surface area contributed by atoms with E-state index in [-0.39, 0.29) is 11.9 Å². The Labute approximate surface area is 102 Å². The van der Waals surface area contributed by atoms with Crippen LogP contribution in [-0.4, -0.2) is 23.5 Å². The SMILES string of the molecule is CC(NC(=O)CCNC1CC1)c1ccncc1. The fourth-order valence-corrected chi connectivity index (χ4v) is 1.73. The molecular weight excluding hydrogens is 214 g/mol. The van der Waals surface area contributed by atoms with E-state index in [0.717, 1.165) is 12.1 Å². The van der Waals surface area contributed by atoms with Crippen molar-refractivity contribution in [2.75, 3.05) is 6.54 Å². The van der Waals surface area contributed by atoms with E-state index in [9.17, 15) is 4.79 Å². The van der Waals surface area contributed by atoms with Gasteiger partial charge in [0.15, 0.2) is 0 Å². The van der Waals surface area contributed by atoms with E-state index >= 15 is 0 Å². The molecule has 1 fully saturated rings. The third kappa shape index (κ3) is 4.15. The summed E-state index contributed by atoms with van der Waals surface area (Å²) in [4.78, 5) is 15.6. The molecule has 1 aliphatic carbocycles. The minimum Gasteiger partial charge on any atom is -0.350 e. The van der Waals surface area contributed by atoms with Gasteiger partial charge in [-0.25, -0.2) is 0 Å². The highest BCUT2D eigenvalue weighted by molar-refractivity contribution is 5.76. The standard InChI is InChI=1S/C13H19N3O/c1-10(11-4-7-14-8-5-11)16-13(17)6-9-15-12-2-3-12/h4-5,7-8,10,12,15H,2-3,6,9H2,1H3,(H,16,17). The van der Waals surface area contributed by atoms with Crippen LogP contribution >= 0.6 is 0 Å². The molecule has 0 aromatic carbocycles. The Hall–Kier alpha value is -1.42. The summed E-state index contributed by atoms with van der Waals surface area (Å²) in [5, 5.41) is 6.31. The fourth-order valence-electron chi connectivity index (χ4n) is 1.73. The zero-order valence-electron chi connectivity index (χ0n) is 10.1. The summed E-state index contributed by atoms with van der Waals surface area (Å²) in [5.41, 5.74) is 1.09. The average molecular weight is 233 g/mol. The molecule has 1 aromatic rings. The second kappa shape index (κ2) is 5.77. The maximum Gasteiger partial charge on any atom is 0.221 e. The van der Waals surface area contributed by atoms with Crippen LogP contribution in [0.5, 0.6) is 0 Å². The van der Waals surface area contributed by atoms with Crippen molar-refractivity contribution in [2.24, 2.45) is 0 Å². The van der Waals surface area contributed by atoms with Crippen LogP contribution in [0.15, 0.2) is 24.5 Å². The lowest BCUT2D eigenvalue weighted by molar-refractivity contribution is -0.121. The first kappa shape index (κ1) is 12.0. The average Bonchev–Trinajstić information content (AvgIpc) is 3.14. The van der Waals surface area contributed by atoms with Gasteiger partial charge in [0.1, 0.15) is 0 Å². The number of aromatic nitrogens is 1. The van der Waals surface area contributed by atoms with Gasteiger partial charge in [0.05, 0.1) is 6.04 Å². The molecule has 0 saturated heterocycles. The number of nitrogens with zero attached hydrogens (tertiary/aromatic N) is 1. The van der Waals surface area contributed by atoms with Crippen molar-refractivity contribution in [3.63, 3.8) is 0 Å². The molecule has 1 aromatic heterocycles. The van der Waals surface area contributed by atoms with Crippen molar-refractivity contribution in [2.45, 2.75) is 38.3 Å². The summed E-state index contributed by atoms with van der Waals surface area (Å²) < 4.78 is 0. The Balaban J connectivity index is 1.69. The van der Waals surface area contributed by atoms with Crippen LogP contribution in [0.1, 0.15) is 37.8 Å². The molecule has 1 aliphatic rings. The first-order valence-corrected chi connectivity index (χ1v) is 6.18. The quantitative estimate of drug-likeness (QED) is 0.781. The first-order valence-electron chi connectivity index (χ1n) is 6.18. The zero-order valence-corrected chi connectivity index (χ0v) is 10.1. The highest BCUT2D eigenvalue weighted by Gasteiger charge is 2.20. The molecule has 4 nitrogen and oxygen atoms in total. The van der Waals surface area contributed by atoms with Gasteiger partial charge >= 0.3 is 0 Å². The van der Waals surface area contributed by atoms with Gasteiger partial charge in [0.25, 0.3) is 0 Å². The molecule has 0 spiro atoms. The Bertz CT molecular complexity index is 362. The van der Waals surface area contributed by atoms with Gasteiger partial charge in [0.2, 0.25) is 5.91 Å². The molecule has 1 atom stereocenters. The lowest BCUT2D eigenvalue weighted by Crippen LogP contribution is -2.30. The van der Waals surface area contributed by atoms with E-state index in [1.54, 1.807) is 12.4 Å². The van der Waals surface area contributed by atoms with Crippen LogP contribution < -0.4 is 10.6 Å². The van der Waals surface area contributed by atoms with Crippen molar-refractivity contribution in [1.82, 2.24) is 15.6 Å². The number of hydrogen-bond donors (Lipinski definition) is 2. The molecule has 4 heteroatoms. The Morgan fingerprint density at radius 2 is 2.18 bits per heavy atom. The number of hydrogen-bond acceptors (Lipinski definition) is 3. The van der Waals surface area contributed by atoms with E-state index in [4.69, 9.17) is 0 Å². The van der Waals surface area contributed by atoms with Crippen LogP contribution in [0.4, 0.5) is 0 Å². The van der Waals surface area contributed by atoms with Gasteiger partial charge in [-0.1, -0.05) is 0 Å². The van der Waals surface area contributed by atoms with Crippen molar-refractivity contribution in [3.05, 3.63) is 30.1 Å². The molecule has 1 amide bonds. The Morgan fingerprint density at radius 3 is 2.82 bits per heavy atom. The monoisotopic (exact) mass is 233 g/mol. The smallest absolute Gasteiger partial charge is 0.221 e. The van der Waals surface area contributed by atoms with Gasteiger partial charge in [-0.2, -0.15) is 0 Å². The topological polar surface area (TPSA) is 54.0 Å². The van der Waals surface area contributed by atoms with Gasteiger partial charge in [0, 0.05) is 31.4 Å². The molecule has 17 heavy (non-hydrogen) atoms. The van der Waals surface area contributed by atoms with Crippen molar-refractivity contribution >= 4 is 5.91 Å². The maximum absolute atomic E-state index is 11.7. The second-order valence-corrected chi connectivity index (χ2v) is 4.55. The van der Waals surface area contributed by atoms with Crippen LogP contribution in [0.25, 0.3) is 0 Å². The molecule has 1 heterocycles. The molecule has 0 bridgehead atoms. The predicted molar refractivity (Wildman–Crippen MR) is 66.4 cm³/mol. The lowest BCUT2D eigenvalue weighted by atomic mass is 10.1. The molecular formula is C13H19N3O. The largest absolute Gasteiger partial charge is 0.350 e. The van der Waals surface area contributed by atoms with Gasteiger partial charge in [-0.3, -0.25) is 9.78 Å². The van der Waals surface area contributed by atoms with Crippen LogP contribution in [0.2, 0.25) is 0 Å². The molecule has 92 valence electrons. The number of carbonyl (C=O) groups excluding carboxylic acids is 1. The van der Waals surface area contributed by atoms with Crippen molar-refractivity contribution in [1.29, 1.82) is 0 Å². The minimum atomic E-state index is 0.0476. The summed E-state index contributed by atoms with van der Waals surface area (Å²) in [5.74, 6) is 0.0995. The van der Waals surface area contributed by atoms with Gasteiger partial charge in [-0.15, -0.1) is 0 Å². The number of pyridine rings is 1. The van der Waals surface area contributed by atoms with E-state index in [0.29, 0.717) is 12.5 Å². The highest BCUT2D eigenvalue weighted by atomic mass is 16.1. The van der Waals surface area contributed by atoms with Crippen LogP contribution in [0.3, 0.4) is 0 Å². The lowest BCUT2D eigenvalue weighted by Gasteiger charge is -2.14. The maximum atomic E-state index is 11.7. The van der Waals surface area contributed by atoms with Crippen molar-refractivity contribution in [3.8, 4) is 0 Å². The second-order valence-electron chi connectivity index (χ2n) is 4.55. The summed E-state index contributed by atoms with van der Waals surface area (Å²) in [6, 6.07) is 4.56. The number of amides is 1. The highest BCUT2D eigenvalue weighted by Crippen LogP contribution is 2.18.